The molecule has 2 fully saturated rings. The van der Waals surface area contributed by atoms with Crippen LogP contribution in [0.5, 0.6) is 0 Å². The number of hydrogen-bond donors (Lipinski definition) is 0. The number of ether oxygens (including phenoxy) is 2. The Morgan fingerprint density at radius 2 is 1.96 bits per heavy atom. The molecule has 5 nitrogen and oxygen atoms in total. The summed E-state index contributed by atoms with van der Waals surface area (Å²) in [5.74, 6) is 0.690. The van der Waals surface area contributed by atoms with Crippen molar-refractivity contribution >= 4 is 11.9 Å². The Labute approximate surface area is 160 Å². The van der Waals surface area contributed by atoms with E-state index >= 15 is 0 Å². The summed E-state index contributed by atoms with van der Waals surface area (Å²) in [4.78, 5) is 24.5. The molecule has 0 amide bonds. The lowest BCUT2D eigenvalue weighted by molar-refractivity contribution is -0.146. The maximum absolute atomic E-state index is 12.4. The first-order valence-corrected chi connectivity index (χ1v) is 10.7. The van der Waals surface area contributed by atoms with Crippen molar-refractivity contribution in [3.63, 3.8) is 0 Å². The Hall–Kier alpha value is -1.78. The van der Waals surface area contributed by atoms with Crippen LogP contribution in [0, 0.1) is 17.8 Å². The number of carbonyl (C=O) groups excluding carboxylic acids is 2. The van der Waals surface area contributed by atoms with Crippen LogP contribution in [0.25, 0.3) is 0 Å². The molecule has 146 valence electrons. The standard InChI is InChI=1S/C22H29NO4/c1-4-13-14-7-5-6-8-23-16(17-9-11(2)21(24)26-17)10-15(19(14)23)18-12(3)22(25)27-20(13)18/h10-14,17-18,20H,4-9H2,1-3H3/t11-,12+,13+,14-,17-,18+,20-/m1/s1. The van der Waals surface area contributed by atoms with E-state index in [2.05, 4.69) is 17.6 Å². The summed E-state index contributed by atoms with van der Waals surface area (Å²) < 4.78 is 14.1. The number of carbonyl (C=O) groups is 2. The van der Waals surface area contributed by atoms with Gasteiger partial charge in [0, 0.05) is 36.4 Å². The van der Waals surface area contributed by atoms with E-state index in [9.17, 15) is 9.59 Å². The minimum atomic E-state index is -0.149. The highest BCUT2D eigenvalue weighted by Gasteiger charge is 2.54. The molecule has 5 heteroatoms. The number of rotatable bonds is 2. The van der Waals surface area contributed by atoms with Crippen molar-refractivity contribution in [3.8, 4) is 0 Å². The molecule has 0 radical (unpaired) electrons. The lowest BCUT2D eigenvalue weighted by atomic mass is 9.66. The number of nitrogens with zero attached hydrogens (tertiary/aromatic N) is 1. The van der Waals surface area contributed by atoms with Crippen LogP contribution < -0.4 is 0 Å². The summed E-state index contributed by atoms with van der Waals surface area (Å²) in [6.07, 6.45) is 5.14. The van der Waals surface area contributed by atoms with Gasteiger partial charge in [-0.15, -0.1) is 0 Å². The molecule has 4 aliphatic rings. The Morgan fingerprint density at radius 1 is 1.15 bits per heavy atom. The molecular formula is C22H29NO4. The van der Waals surface area contributed by atoms with Crippen molar-refractivity contribution in [2.24, 2.45) is 17.8 Å². The predicted molar refractivity (Wildman–Crippen MR) is 99.2 cm³/mol. The molecule has 0 unspecified atom stereocenters. The smallest absolute Gasteiger partial charge is 0.309 e. The van der Waals surface area contributed by atoms with E-state index in [1.165, 1.54) is 17.7 Å². The lowest BCUT2D eigenvalue weighted by Gasteiger charge is -2.39. The SMILES string of the molecule is CC[C@@H]1[C@H]2OC(=O)[C@@H](C)[C@H]2c2cc([C@H]3C[C@@H](C)C(=O)O3)n3c2[C@@H]1CCCC3. The number of hydrogen-bond acceptors (Lipinski definition) is 4. The fraction of sp³-hybridized carbons (Fsp3) is 0.727. The van der Waals surface area contributed by atoms with Gasteiger partial charge in [-0.1, -0.05) is 27.2 Å². The van der Waals surface area contributed by atoms with Crippen molar-refractivity contribution in [2.75, 3.05) is 0 Å². The first kappa shape index (κ1) is 17.3. The third kappa shape index (κ3) is 2.36. The second-order valence-electron chi connectivity index (χ2n) is 9.01. The van der Waals surface area contributed by atoms with Crippen LogP contribution in [0.15, 0.2) is 6.07 Å². The average molecular weight is 371 g/mol. The van der Waals surface area contributed by atoms with E-state index in [-0.39, 0.29) is 41.9 Å². The quantitative estimate of drug-likeness (QED) is 0.736. The molecule has 5 rings (SSSR count). The normalized spacial score (nSPS) is 40.2. The molecule has 27 heavy (non-hydrogen) atoms. The van der Waals surface area contributed by atoms with E-state index in [4.69, 9.17) is 9.47 Å². The van der Waals surface area contributed by atoms with E-state index in [1.54, 1.807) is 0 Å². The summed E-state index contributed by atoms with van der Waals surface area (Å²) in [6.45, 7) is 7.17. The van der Waals surface area contributed by atoms with E-state index < -0.39 is 0 Å². The Morgan fingerprint density at radius 3 is 2.67 bits per heavy atom. The van der Waals surface area contributed by atoms with Crippen molar-refractivity contribution in [1.82, 2.24) is 4.57 Å². The van der Waals surface area contributed by atoms with Crippen LogP contribution in [-0.4, -0.2) is 22.6 Å². The molecule has 1 aliphatic carbocycles. The molecule has 4 heterocycles. The van der Waals surface area contributed by atoms with Crippen LogP contribution in [0.4, 0.5) is 0 Å². The molecule has 7 atom stereocenters. The predicted octanol–water partition coefficient (Wildman–Crippen LogP) is 4.06. The summed E-state index contributed by atoms with van der Waals surface area (Å²) in [7, 11) is 0. The summed E-state index contributed by atoms with van der Waals surface area (Å²) in [5, 5.41) is 0. The van der Waals surface area contributed by atoms with Crippen LogP contribution in [0.1, 0.15) is 87.8 Å². The number of aromatic nitrogens is 1. The van der Waals surface area contributed by atoms with E-state index in [0.29, 0.717) is 11.8 Å². The minimum Gasteiger partial charge on any atom is -0.461 e. The fourth-order valence-corrected chi connectivity index (χ4v) is 6.19. The van der Waals surface area contributed by atoms with Crippen LogP contribution in [-0.2, 0) is 25.6 Å². The maximum Gasteiger partial charge on any atom is 0.309 e. The highest BCUT2D eigenvalue weighted by Crippen LogP contribution is 2.55. The second kappa shape index (κ2) is 6.11. The number of esters is 2. The molecular weight excluding hydrogens is 342 g/mol. The van der Waals surface area contributed by atoms with Gasteiger partial charge < -0.3 is 14.0 Å². The lowest BCUT2D eigenvalue weighted by Crippen LogP contribution is -2.36. The third-order valence-electron chi connectivity index (χ3n) is 7.54. The molecule has 1 aromatic heterocycles. The maximum atomic E-state index is 12.4. The average Bonchev–Trinajstić information content (AvgIpc) is 3.20. The van der Waals surface area contributed by atoms with E-state index in [1.807, 2.05) is 13.8 Å². The summed E-state index contributed by atoms with van der Waals surface area (Å²) >= 11 is 0. The van der Waals surface area contributed by atoms with Gasteiger partial charge in [-0.3, -0.25) is 9.59 Å². The van der Waals surface area contributed by atoms with Crippen molar-refractivity contribution in [1.29, 1.82) is 0 Å². The monoisotopic (exact) mass is 371 g/mol. The Kier molecular flexibility index (Phi) is 3.92. The van der Waals surface area contributed by atoms with E-state index in [0.717, 1.165) is 37.9 Å². The highest BCUT2D eigenvalue weighted by atomic mass is 16.6. The summed E-state index contributed by atoms with van der Waals surface area (Å²) in [5.41, 5.74) is 3.85. The van der Waals surface area contributed by atoms with Crippen LogP contribution in [0.3, 0.4) is 0 Å². The first-order chi connectivity index (χ1) is 13.0. The van der Waals surface area contributed by atoms with Gasteiger partial charge in [0.2, 0.25) is 0 Å². The van der Waals surface area contributed by atoms with Crippen molar-refractivity contribution in [3.05, 3.63) is 23.0 Å². The van der Waals surface area contributed by atoms with Gasteiger partial charge in [0.1, 0.15) is 12.2 Å². The summed E-state index contributed by atoms with van der Waals surface area (Å²) in [6, 6.07) is 2.26. The fourth-order valence-electron chi connectivity index (χ4n) is 6.19. The van der Waals surface area contributed by atoms with Gasteiger partial charge in [0.05, 0.1) is 17.5 Å². The molecule has 0 N–H and O–H groups in total. The number of cyclic esters (lactones) is 1. The Balaban J connectivity index is 1.67. The zero-order valence-electron chi connectivity index (χ0n) is 16.4. The van der Waals surface area contributed by atoms with Crippen LogP contribution >= 0.6 is 0 Å². The highest BCUT2D eigenvalue weighted by molar-refractivity contribution is 5.77. The van der Waals surface area contributed by atoms with Gasteiger partial charge >= 0.3 is 11.9 Å². The topological polar surface area (TPSA) is 57.5 Å². The van der Waals surface area contributed by atoms with Gasteiger partial charge in [-0.2, -0.15) is 0 Å². The second-order valence-corrected chi connectivity index (χ2v) is 9.01. The van der Waals surface area contributed by atoms with Gasteiger partial charge in [-0.05, 0) is 30.9 Å². The minimum absolute atomic E-state index is 0.00171. The molecule has 2 saturated heterocycles. The molecule has 0 saturated carbocycles. The number of fused-ring (bicyclic) bond motifs is 2. The molecule has 0 spiro atoms. The zero-order valence-corrected chi connectivity index (χ0v) is 16.4. The molecule has 0 aromatic carbocycles. The largest absolute Gasteiger partial charge is 0.461 e. The van der Waals surface area contributed by atoms with Crippen LogP contribution in [0.2, 0.25) is 0 Å². The zero-order chi connectivity index (χ0) is 18.9. The molecule has 0 bridgehead atoms. The van der Waals surface area contributed by atoms with Crippen molar-refractivity contribution < 1.29 is 19.1 Å². The third-order valence-corrected chi connectivity index (χ3v) is 7.54. The Bertz CT molecular complexity index is 796. The van der Waals surface area contributed by atoms with Gasteiger partial charge in [-0.25, -0.2) is 0 Å². The van der Waals surface area contributed by atoms with Crippen molar-refractivity contribution in [2.45, 2.75) is 83.5 Å². The first-order valence-electron chi connectivity index (χ1n) is 10.7. The molecule has 1 aromatic rings. The van der Waals surface area contributed by atoms with Gasteiger partial charge in [0.25, 0.3) is 0 Å². The van der Waals surface area contributed by atoms with Gasteiger partial charge in [0.15, 0.2) is 0 Å². The molecule has 3 aliphatic heterocycles.